The fraction of sp³-hybridized carbons (Fsp3) is 0.571. The zero-order valence-corrected chi connectivity index (χ0v) is 11.1. The van der Waals surface area contributed by atoms with Crippen molar-refractivity contribution in [1.29, 1.82) is 0 Å². The van der Waals surface area contributed by atoms with E-state index < -0.39 is 11.6 Å². The number of hydrogen-bond donors (Lipinski definition) is 1. The molecular weight excluding hydrogens is 250 g/mol. The van der Waals surface area contributed by atoms with E-state index in [0.29, 0.717) is 19.2 Å². The Morgan fingerprint density at radius 1 is 1.37 bits per heavy atom. The van der Waals surface area contributed by atoms with Gasteiger partial charge in [0.15, 0.2) is 11.6 Å². The van der Waals surface area contributed by atoms with E-state index in [1.807, 2.05) is 0 Å². The third-order valence-electron chi connectivity index (χ3n) is 3.52. The molecule has 0 spiro atoms. The number of methoxy groups -OCH3 is 1. The molecule has 0 radical (unpaired) electrons. The highest BCUT2D eigenvalue weighted by Crippen LogP contribution is 2.34. The molecule has 1 fully saturated rings. The normalized spacial score (nSPS) is 16.9. The minimum Gasteiger partial charge on any atom is -0.383 e. The van der Waals surface area contributed by atoms with Crippen molar-refractivity contribution in [2.45, 2.75) is 24.9 Å². The molecule has 0 aromatic heterocycles. The maximum absolute atomic E-state index is 13.3. The van der Waals surface area contributed by atoms with Crippen LogP contribution in [0, 0.1) is 11.6 Å². The fourth-order valence-electron chi connectivity index (χ4n) is 2.38. The van der Waals surface area contributed by atoms with Crippen LogP contribution in [0.5, 0.6) is 0 Å². The van der Waals surface area contributed by atoms with Crippen LogP contribution < -0.4 is 5.73 Å². The molecule has 3 nitrogen and oxygen atoms in total. The van der Waals surface area contributed by atoms with Crippen molar-refractivity contribution in [3.05, 3.63) is 35.4 Å². The zero-order valence-electron chi connectivity index (χ0n) is 11.1. The summed E-state index contributed by atoms with van der Waals surface area (Å²) in [6.45, 7) is 1.74. The molecule has 1 atom stereocenters. The lowest BCUT2D eigenvalue weighted by Gasteiger charge is -2.31. The lowest BCUT2D eigenvalue weighted by molar-refractivity contribution is 0.115. The molecule has 1 aromatic carbocycles. The highest BCUT2D eigenvalue weighted by atomic mass is 19.2. The second kappa shape index (κ2) is 6.41. The second-order valence-electron chi connectivity index (χ2n) is 4.89. The minimum absolute atomic E-state index is 0.0854. The molecule has 0 aliphatic heterocycles. The predicted molar refractivity (Wildman–Crippen MR) is 69.8 cm³/mol. The van der Waals surface area contributed by atoms with E-state index in [0.717, 1.165) is 31.0 Å². The van der Waals surface area contributed by atoms with Gasteiger partial charge in [-0.2, -0.15) is 0 Å². The summed E-state index contributed by atoms with van der Waals surface area (Å²) in [5.74, 6) is -1.65. The molecule has 0 saturated heterocycles. The number of halogens is 2. The van der Waals surface area contributed by atoms with E-state index in [1.165, 1.54) is 6.07 Å². The average Bonchev–Trinajstić information content (AvgIpc) is 3.22. The van der Waals surface area contributed by atoms with E-state index in [1.54, 1.807) is 13.2 Å². The third kappa shape index (κ3) is 3.49. The number of ether oxygens (including phenoxy) is 1. The number of rotatable bonds is 7. The lowest BCUT2D eigenvalue weighted by atomic mass is 10.0. The topological polar surface area (TPSA) is 38.5 Å². The Kier molecular flexibility index (Phi) is 4.85. The molecule has 5 heteroatoms. The van der Waals surface area contributed by atoms with Crippen molar-refractivity contribution in [2.24, 2.45) is 5.73 Å². The fourth-order valence-corrected chi connectivity index (χ4v) is 2.38. The van der Waals surface area contributed by atoms with E-state index in [4.69, 9.17) is 10.5 Å². The highest BCUT2D eigenvalue weighted by Gasteiger charge is 2.34. The Bertz CT molecular complexity index is 424. The number of nitrogens with zero attached hydrogens (tertiary/aromatic N) is 1. The van der Waals surface area contributed by atoms with Crippen LogP contribution >= 0.6 is 0 Å². The van der Waals surface area contributed by atoms with E-state index >= 15 is 0 Å². The number of nitrogens with two attached hydrogens (primary N) is 1. The van der Waals surface area contributed by atoms with Gasteiger partial charge in [0.25, 0.3) is 0 Å². The molecule has 1 unspecified atom stereocenters. The molecule has 0 amide bonds. The largest absolute Gasteiger partial charge is 0.383 e. The maximum Gasteiger partial charge on any atom is 0.159 e. The van der Waals surface area contributed by atoms with Gasteiger partial charge in [0, 0.05) is 32.3 Å². The van der Waals surface area contributed by atoms with Crippen molar-refractivity contribution in [2.75, 3.05) is 26.8 Å². The smallest absolute Gasteiger partial charge is 0.159 e. The first-order valence-corrected chi connectivity index (χ1v) is 6.57. The van der Waals surface area contributed by atoms with E-state index in [9.17, 15) is 8.78 Å². The van der Waals surface area contributed by atoms with Gasteiger partial charge in [0.2, 0.25) is 0 Å². The van der Waals surface area contributed by atoms with E-state index in [2.05, 4.69) is 4.90 Å². The predicted octanol–water partition coefficient (Wildman–Crippen LogP) is 2.08. The summed E-state index contributed by atoms with van der Waals surface area (Å²) < 4.78 is 31.5. The van der Waals surface area contributed by atoms with Gasteiger partial charge >= 0.3 is 0 Å². The molecule has 1 aromatic rings. The molecular formula is C14H20F2N2O. The van der Waals surface area contributed by atoms with Crippen molar-refractivity contribution < 1.29 is 13.5 Å². The molecule has 0 heterocycles. The van der Waals surface area contributed by atoms with Crippen molar-refractivity contribution in [1.82, 2.24) is 4.90 Å². The van der Waals surface area contributed by atoms with Gasteiger partial charge in [-0.3, -0.25) is 4.90 Å². The molecule has 106 valence electrons. The number of benzene rings is 1. The Hall–Kier alpha value is -1.04. The van der Waals surface area contributed by atoms with Crippen LogP contribution in [0.25, 0.3) is 0 Å². The van der Waals surface area contributed by atoms with Crippen LogP contribution in [0.1, 0.15) is 24.4 Å². The molecule has 0 bridgehead atoms. The van der Waals surface area contributed by atoms with Crippen LogP contribution in [0.15, 0.2) is 18.2 Å². The summed E-state index contributed by atoms with van der Waals surface area (Å²) in [5, 5.41) is 0. The van der Waals surface area contributed by atoms with E-state index in [-0.39, 0.29) is 6.04 Å². The van der Waals surface area contributed by atoms with Crippen LogP contribution in [-0.2, 0) is 4.74 Å². The van der Waals surface area contributed by atoms with Crippen LogP contribution in [0.3, 0.4) is 0 Å². The Morgan fingerprint density at radius 2 is 2.11 bits per heavy atom. The molecule has 2 N–H and O–H groups in total. The van der Waals surface area contributed by atoms with Gasteiger partial charge in [0.1, 0.15) is 0 Å². The Morgan fingerprint density at radius 3 is 2.63 bits per heavy atom. The molecule has 1 aliphatic carbocycles. The van der Waals surface area contributed by atoms with Crippen LogP contribution in [0.4, 0.5) is 8.78 Å². The summed E-state index contributed by atoms with van der Waals surface area (Å²) in [4.78, 5) is 2.23. The quantitative estimate of drug-likeness (QED) is 0.824. The third-order valence-corrected chi connectivity index (χ3v) is 3.52. The first kappa shape index (κ1) is 14.4. The van der Waals surface area contributed by atoms with Gasteiger partial charge in [-0.25, -0.2) is 8.78 Å². The molecule has 2 rings (SSSR count). The monoisotopic (exact) mass is 270 g/mol. The van der Waals surface area contributed by atoms with Gasteiger partial charge in [-0.1, -0.05) is 6.07 Å². The van der Waals surface area contributed by atoms with Crippen LogP contribution in [-0.4, -0.2) is 37.7 Å². The molecule has 1 saturated carbocycles. The van der Waals surface area contributed by atoms with Crippen molar-refractivity contribution in [3.63, 3.8) is 0 Å². The Labute approximate surface area is 112 Å². The second-order valence-corrected chi connectivity index (χ2v) is 4.89. The van der Waals surface area contributed by atoms with Gasteiger partial charge in [-0.15, -0.1) is 0 Å². The zero-order chi connectivity index (χ0) is 13.8. The van der Waals surface area contributed by atoms with Crippen molar-refractivity contribution in [3.8, 4) is 0 Å². The molecule has 19 heavy (non-hydrogen) atoms. The molecule has 1 aliphatic rings. The lowest BCUT2D eigenvalue weighted by Crippen LogP contribution is -2.37. The summed E-state index contributed by atoms with van der Waals surface area (Å²) in [5.41, 5.74) is 6.56. The number of hydrogen-bond acceptors (Lipinski definition) is 3. The first-order chi connectivity index (χ1) is 9.17. The summed E-state index contributed by atoms with van der Waals surface area (Å²) in [6.07, 6.45) is 2.26. The first-order valence-electron chi connectivity index (χ1n) is 6.57. The maximum atomic E-state index is 13.3. The standard InChI is InChI=1S/C14H20F2N2O/c1-19-7-6-18(11-3-4-11)14(9-17)10-2-5-12(15)13(16)8-10/h2,5,8,11,14H,3-4,6-7,9,17H2,1H3. The summed E-state index contributed by atoms with van der Waals surface area (Å²) in [7, 11) is 1.65. The van der Waals surface area contributed by atoms with Gasteiger partial charge in [0.05, 0.1) is 6.61 Å². The average molecular weight is 270 g/mol. The minimum atomic E-state index is -0.825. The van der Waals surface area contributed by atoms with Crippen molar-refractivity contribution >= 4 is 0 Å². The summed E-state index contributed by atoms with van der Waals surface area (Å²) in [6, 6.07) is 4.41. The van der Waals surface area contributed by atoms with Gasteiger partial charge in [-0.05, 0) is 30.5 Å². The Balaban J connectivity index is 2.17. The summed E-state index contributed by atoms with van der Waals surface area (Å²) >= 11 is 0. The van der Waals surface area contributed by atoms with Crippen LogP contribution in [0.2, 0.25) is 0 Å². The van der Waals surface area contributed by atoms with Gasteiger partial charge < -0.3 is 10.5 Å². The SMILES string of the molecule is COCCN(C1CC1)C(CN)c1ccc(F)c(F)c1. The highest BCUT2D eigenvalue weighted by molar-refractivity contribution is 5.22.